The van der Waals surface area contributed by atoms with Crippen LogP contribution in [0.25, 0.3) is 0 Å². The molecule has 1 saturated heterocycles. The number of carbonyl (C=O) groups excluding carboxylic acids is 1. The lowest BCUT2D eigenvalue weighted by molar-refractivity contribution is -0.0194. The van der Waals surface area contributed by atoms with E-state index in [1.54, 1.807) is 27.1 Å². The summed E-state index contributed by atoms with van der Waals surface area (Å²) in [5.74, 6) is 0.603. The van der Waals surface area contributed by atoms with Crippen molar-refractivity contribution in [3.8, 4) is 0 Å². The van der Waals surface area contributed by atoms with E-state index in [9.17, 15) is 4.79 Å². The molecule has 1 saturated carbocycles. The molecule has 0 radical (unpaired) electrons. The molecule has 0 spiro atoms. The van der Waals surface area contributed by atoms with Crippen LogP contribution in [0, 0.1) is 0 Å². The minimum absolute atomic E-state index is 0.0892. The lowest BCUT2D eigenvalue weighted by atomic mass is 10.2. The molecule has 2 aromatic heterocycles. The van der Waals surface area contributed by atoms with Gasteiger partial charge in [-0.3, -0.25) is 4.68 Å². The van der Waals surface area contributed by atoms with Crippen molar-refractivity contribution in [3.05, 3.63) is 28.0 Å². The third kappa shape index (κ3) is 3.27. The largest absolute Gasteiger partial charge is 0.368 e. The summed E-state index contributed by atoms with van der Waals surface area (Å²) >= 11 is 1.60. The third-order valence-corrected chi connectivity index (χ3v) is 5.43. The Labute approximate surface area is 143 Å². The average Bonchev–Trinajstić information content (AvgIpc) is 3.19. The number of ether oxygens (including phenoxy) is 1. The van der Waals surface area contributed by atoms with Gasteiger partial charge in [-0.05, 0) is 18.9 Å². The molecule has 0 bridgehead atoms. The van der Waals surface area contributed by atoms with E-state index in [2.05, 4.69) is 20.6 Å². The Kier molecular flexibility index (Phi) is 4.19. The van der Waals surface area contributed by atoms with Crippen molar-refractivity contribution in [1.82, 2.24) is 30.2 Å². The van der Waals surface area contributed by atoms with Crippen LogP contribution in [0.2, 0.25) is 0 Å². The van der Waals surface area contributed by atoms with E-state index in [1.807, 2.05) is 13.1 Å². The van der Waals surface area contributed by atoms with E-state index in [-0.39, 0.29) is 12.1 Å². The summed E-state index contributed by atoms with van der Waals surface area (Å²) in [7, 11) is 1.88. The second kappa shape index (κ2) is 6.48. The van der Waals surface area contributed by atoms with Crippen LogP contribution in [0.15, 0.2) is 12.3 Å². The predicted molar refractivity (Wildman–Crippen MR) is 87.6 cm³/mol. The van der Waals surface area contributed by atoms with Crippen LogP contribution in [0.4, 0.5) is 4.79 Å². The number of hydrogen-bond donors (Lipinski definition) is 1. The monoisotopic (exact) mass is 348 g/mol. The summed E-state index contributed by atoms with van der Waals surface area (Å²) in [6, 6.07) is 1.83. The van der Waals surface area contributed by atoms with E-state index < -0.39 is 0 Å². The molecule has 8 nitrogen and oxygen atoms in total. The van der Waals surface area contributed by atoms with Gasteiger partial charge in [0.15, 0.2) is 0 Å². The number of amides is 2. The number of rotatable bonds is 4. The Balaban J connectivity index is 1.32. The molecule has 24 heavy (non-hydrogen) atoms. The summed E-state index contributed by atoms with van der Waals surface area (Å²) in [4.78, 5) is 14.2. The van der Waals surface area contributed by atoms with Crippen LogP contribution >= 0.6 is 11.3 Å². The van der Waals surface area contributed by atoms with Crippen molar-refractivity contribution in [3.63, 3.8) is 0 Å². The van der Waals surface area contributed by atoms with E-state index in [4.69, 9.17) is 4.74 Å². The molecule has 9 heteroatoms. The van der Waals surface area contributed by atoms with Gasteiger partial charge in [-0.25, -0.2) is 4.79 Å². The minimum Gasteiger partial charge on any atom is -0.368 e. The van der Waals surface area contributed by atoms with Gasteiger partial charge in [-0.1, -0.05) is 11.3 Å². The van der Waals surface area contributed by atoms with Gasteiger partial charge in [0.1, 0.15) is 16.1 Å². The molecule has 2 amide bonds. The van der Waals surface area contributed by atoms with Crippen molar-refractivity contribution in [1.29, 1.82) is 0 Å². The van der Waals surface area contributed by atoms with Gasteiger partial charge in [0, 0.05) is 25.7 Å². The van der Waals surface area contributed by atoms with Crippen LogP contribution in [0.1, 0.15) is 40.6 Å². The first-order valence-electron chi connectivity index (χ1n) is 8.15. The SMILES string of the molecule is Cn1nccc1C1CN(C(=O)NCc2nnc(C3CC3)s2)CCO1. The highest BCUT2D eigenvalue weighted by Gasteiger charge is 2.29. The zero-order valence-corrected chi connectivity index (χ0v) is 14.3. The van der Waals surface area contributed by atoms with Gasteiger partial charge >= 0.3 is 6.03 Å². The number of nitrogens with zero attached hydrogens (tertiary/aromatic N) is 5. The smallest absolute Gasteiger partial charge is 0.317 e. The number of morpholine rings is 1. The van der Waals surface area contributed by atoms with Crippen molar-refractivity contribution < 1.29 is 9.53 Å². The molecule has 1 unspecified atom stereocenters. The summed E-state index contributed by atoms with van der Waals surface area (Å²) in [5.41, 5.74) is 0.977. The summed E-state index contributed by atoms with van der Waals surface area (Å²) in [6.07, 6.45) is 4.03. The van der Waals surface area contributed by atoms with Crippen molar-refractivity contribution >= 4 is 17.4 Å². The number of carbonyl (C=O) groups is 1. The Morgan fingerprint density at radius 3 is 3.08 bits per heavy atom. The second-order valence-corrected chi connectivity index (χ2v) is 7.25. The van der Waals surface area contributed by atoms with Crippen LogP contribution in [-0.2, 0) is 18.3 Å². The van der Waals surface area contributed by atoms with Gasteiger partial charge in [0.2, 0.25) is 0 Å². The first-order valence-corrected chi connectivity index (χ1v) is 8.97. The maximum Gasteiger partial charge on any atom is 0.317 e. The van der Waals surface area contributed by atoms with Gasteiger partial charge in [-0.15, -0.1) is 10.2 Å². The molecule has 2 aliphatic rings. The number of aryl methyl sites for hydroxylation is 1. The molecule has 0 aromatic carbocycles. The quantitative estimate of drug-likeness (QED) is 0.903. The molecule has 3 heterocycles. The first kappa shape index (κ1) is 15.5. The van der Waals surface area contributed by atoms with Crippen molar-refractivity contribution in [2.24, 2.45) is 7.05 Å². The highest BCUT2D eigenvalue weighted by molar-refractivity contribution is 7.11. The van der Waals surface area contributed by atoms with Crippen LogP contribution in [0.5, 0.6) is 0 Å². The topological polar surface area (TPSA) is 85.2 Å². The van der Waals surface area contributed by atoms with Crippen molar-refractivity contribution in [2.75, 3.05) is 19.7 Å². The maximum atomic E-state index is 12.4. The van der Waals surface area contributed by atoms with Gasteiger partial charge in [0.05, 0.1) is 25.4 Å². The average molecular weight is 348 g/mol. The fraction of sp³-hybridized carbons (Fsp3) is 0.600. The predicted octanol–water partition coefficient (Wildman–Crippen LogP) is 1.43. The molecule has 1 atom stereocenters. The number of urea groups is 1. The highest BCUT2D eigenvalue weighted by atomic mass is 32.1. The summed E-state index contributed by atoms with van der Waals surface area (Å²) in [6.45, 7) is 2.06. The summed E-state index contributed by atoms with van der Waals surface area (Å²) in [5, 5.41) is 17.4. The van der Waals surface area contributed by atoms with E-state index in [0.717, 1.165) is 15.7 Å². The van der Waals surface area contributed by atoms with Crippen LogP contribution in [-0.4, -0.2) is 50.6 Å². The van der Waals surface area contributed by atoms with Gasteiger partial charge in [0.25, 0.3) is 0 Å². The molecular formula is C15H20N6O2S. The normalized spacial score (nSPS) is 21.0. The Bertz CT molecular complexity index is 725. The Morgan fingerprint density at radius 2 is 2.33 bits per heavy atom. The van der Waals surface area contributed by atoms with E-state index >= 15 is 0 Å². The van der Waals surface area contributed by atoms with Crippen LogP contribution < -0.4 is 5.32 Å². The molecule has 2 fully saturated rings. The van der Waals surface area contributed by atoms with E-state index in [1.165, 1.54) is 12.8 Å². The summed E-state index contributed by atoms with van der Waals surface area (Å²) < 4.78 is 7.56. The number of aromatic nitrogens is 4. The minimum atomic E-state index is -0.139. The fourth-order valence-corrected chi connectivity index (χ4v) is 3.76. The molecule has 128 valence electrons. The Morgan fingerprint density at radius 1 is 1.46 bits per heavy atom. The molecule has 2 aromatic rings. The number of nitrogens with one attached hydrogen (secondary N) is 1. The first-order chi connectivity index (χ1) is 11.7. The van der Waals surface area contributed by atoms with E-state index in [0.29, 0.717) is 32.2 Å². The molecule has 1 aliphatic carbocycles. The molecule has 1 aliphatic heterocycles. The second-order valence-electron chi connectivity index (χ2n) is 6.15. The zero-order chi connectivity index (χ0) is 16.5. The van der Waals surface area contributed by atoms with Gasteiger partial charge in [-0.2, -0.15) is 5.10 Å². The molecule has 4 rings (SSSR count). The Hall–Kier alpha value is -2.00. The standard InChI is InChI=1S/C15H20N6O2S/c1-20-11(4-5-17-20)12-9-21(6-7-23-12)15(22)16-8-13-18-19-14(24-13)10-2-3-10/h4-5,10,12H,2-3,6-9H2,1H3,(H,16,22). The van der Waals surface area contributed by atoms with Crippen LogP contribution in [0.3, 0.4) is 0 Å². The van der Waals surface area contributed by atoms with Crippen molar-refractivity contribution in [2.45, 2.75) is 31.4 Å². The highest BCUT2D eigenvalue weighted by Crippen LogP contribution is 2.41. The fourth-order valence-electron chi connectivity index (χ4n) is 2.81. The molecular weight excluding hydrogens is 328 g/mol. The molecule has 1 N–H and O–H groups in total. The zero-order valence-electron chi connectivity index (χ0n) is 13.5. The van der Waals surface area contributed by atoms with Gasteiger partial charge < -0.3 is 15.0 Å². The third-order valence-electron chi connectivity index (χ3n) is 4.34. The maximum absolute atomic E-state index is 12.4. The lowest BCUT2D eigenvalue weighted by Crippen LogP contribution is -2.47. The lowest BCUT2D eigenvalue weighted by Gasteiger charge is -2.32. The number of hydrogen-bond acceptors (Lipinski definition) is 6.